The molecule has 0 saturated carbocycles. The molecule has 1 heterocycles. The van der Waals surface area contributed by atoms with Crippen LogP contribution < -0.4 is 5.32 Å². The lowest BCUT2D eigenvalue weighted by molar-refractivity contribution is -0.125. The van der Waals surface area contributed by atoms with Crippen LogP contribution in [0.5, 0.6) is 0 Å². The van der Waals surface area contributed by atoms with E-state index in [9.17, 15) is 4.79 Å². The highest BCUT2D eigenvalue weighted by molar-refractivity contribution is 5.86. The largest absolute Gasteiger partial charge is 0.358 e. The summed E-state index contributed by atoms with van der Waals surface area (Å²) in [4.78, 5) is 16.0. The van der Waals surface area contributed by atoms with Gasteiger partial charge in [0.15, 0.2) is 0 Å². The molecule has 1 aliphatic rings. The van der Waals surface area contributed by atoms with E-state index in [-0.39, 0.29) is 11.8 Å². The number of carbonyl (C=O) groups is 1. The molecule has 0 unspecified atom stereocenters. The van der Waals surface area contributed by atoms with E-state index in [1.807, 2.05) is 0 Å². The van der Waals surface area contributed by atoms with Crippen molar-refractivity contribution < 1.29 is 4.79 Å². The molecule has 0 fully saturated rings. The molecule has 1 aromatic heterocycles. The molecule has 3 heteroatoms. The van der Waals surface area contributed by atoms with Gasteiger partial charge in [0.25, 0.3) is 0 Å². The van der Waals surface area contributed by atoms with Gasteiger partial charge in [0.05, 0.1) is 0 Å². The number of amides is 1. The molecule has 0 saturated heterocycles. The molecule has 3 rings (SSSR count). The first-order chi connectivity index (χ1) is 11.7. The lowest BCUT2D eigenvalue weighted by atomic mass is 9.95. The van der Waals surface area contributed by atoms with Gasteiger partial charge in [0.1, 0.15) is 0 Å². The van der Waals surface area contributed by atoms with E-state index in [1.54, 1.807) is 0 Å². The Morgan fingerprint density at radius 1 is 1.17 bits per heavy atom. The van der Waals surface area contributed by atoms with Crippen LogP contribution in [-0.2, 0) is 24.2 Å². The monoisotopic (exact) mass is 326 g/mol. The molecule has 1 aromatic carbocycles. The fourth-order valence-electron chi connectivity index (χ4n) is 4.00. The van der Waals surface area contributed by atoms with Crippen LogP contribution in [0.25, 0.3) is 10.9 Å². The summed E-state index contributed by atoms with van der Waals surface area (Å²) in [6.45, 7) is 4.94. The third-order valence-electron chi connectivity index (χ3n) is 5.27. The first-order valence-electron chi connectivity index (χ1n) is 9.63. The number of aryl methyl sites for hydroxylation is 2. The second kappa shape index (κ2) is 7.87. The number of rotatable bonds is 7. The van der Waals surface area contributed by atoms with E-state index in [2.05, 4.69) is 42.3 Å². The van der Waals surface area contributed by atoms with E-state index in [1.165, 1.54) is 53.4 Å². The van der Waals surface area contributed by atoms with Gasteiger partial charge in [-0.2, -0.15) is 0 Å². The summed E-state index contributed by atoms with van der Waals surface area (Å²) in [7, 11) is 0. The van der Waals surface area contributed by atoms with E-state index in [0.29, 0.717) is 6.54 Å². The second-order valence-corrected chi connectivity index (χ2v) is 7.16. The fraction of sp³-hybridized carbons (Fsp3) is 0.571. The van der Waals surface area contributed by atoms with Crippen LogP contribution >= 0.6 is 0 Å². The maximum Gasteiger partial charge on any atom is 0.223 e. The van der Waals surface area contributed by atoms with Gasteiger partial charge in [-0.1, -0.05) is 32.8 Å². The second-order valence-electron chi connectivity index (χ2n) is 7.16. The Bertz CT molecular complexity index is 695. The van der Waals surface area contributed by atoms with Gasteiger partial charge in [-0.05, 0) is 61.8 Å². The van der Waals surface area contributed by atoms with Crippen molar-refractivity contribution in [3.8, 4) is 0 Å². The van der Waals surface area contributed by atoms with Crippen LogP contribution in [0.15, 0.2) is 18.2 Å². The van der Waals surface area contributed by atoms with Crippen molar-refractivity contribution >= 4 is 16.8 Å². The van der Waals surface area contributed by atoms with Crippen molar-refractivity contribution in [3.05, 3.63) is 35.0 Å². The average Bonchev–Trinajstić information content (AvgIpc) is 2.97. The number of nitrogens with one attached hydrogen (secondary N) is 2. The molecule has 2 N–H and O–H groups in total. The van der Waals surface area contributed by atoms with Crippen molar-refractivity contribution in [1.29, 1.82) is 0 Å². The van der Waals surface area contributed by atoms with Crippen LogP contribution in [0.2, 0.25) is 0 Å². The Morgan fingerprint density at radius 3 is 2.67 bits per heavy atom. The van der Waals surface area contributed by atoms with Crippen molar-refractivity contribution in [2.75, 3.05) is 0 Å². The highest BCUT2D eigenvalue weighted by atomic mass is 16.1. The maximum atomic E-state index is 12.4. The van der Waals surface area contributed by atoms with Gasteiger partial charge in [-0.3, -0.25) is 4.79 Å². The smallest absolute Gasteiger partial charge is 0.223 e. The van der Waals surface area contributed by atoms with E-state index < -0.39 is 0 Å². The molecule has 0 atom stereocenters. The quantitative estimate of drug-likeness (QED) is 0.748. The Hall–Kier alpha value is -1.77. The Morgan fingerprint density at radius 2 is 1.92 bits per heavy atom. The molecule has 1 amide bonds. The molecule has 24 heavy (non-hydrogen) atoms. The molecular weight excluding hydrogens is 296 g/mol. The van der Waals surface area contributed by atoms with Gasteiger partial charge in [0, 0.05) is 29.1 Å². The molecule has 0 bridgehead atoms. The molecule has 2 aromatic rings. The van der Waals surface area contributed by atoms with Crippen LogP contribution in [0.4, 0.5) is 0 Å². The third kappa shape index (κ3) is 3.66. The van der Waals surface area contributed by atoms with Gasteiger partial charge in [0.2, 0.25) is 5.91 Å². The average molecular weight is 326 g/mol. The van der Waals surface area contributed by atoms with Gasteiger partial charge >= 0.3 is 0 Å². The molecule has 1 aliphatic carbocycles. The number of fused-ring (bicyclic) bond motifs is 3. The van der Waals surface area contributed by atoms with Gasteiger partial charge < -0.3 is 10.3 Å². The number of aromatic amines is 1. The number of benzene rings is 1. The van der Waals surface area contributed by atoms with Crippen LogP contribution in [0.3, 0.4) is 0 Å². The zero-order valence-electron chi connectivity index (χ0n) is 15.1. The van der Waals surface area contributed by atoms with Crippen molar-refractivity contribution in [3.63, 3.8) is 0 Å². The first-order valence-corrected chi connectivity index (χ1v) is 9.63. The summed E-state index contributed by atoms with van der Waals surface area (Å²) < 4.78 is 0. The number of hydrogen-bond donors (Lipinski definition) is 2. The van der Waals surface area contributed by atoms with Crippen LogP contribution in [0.1, 0.15) is 69.2 Å². The molecule has 130 valence electrons. The number of aromatic nitrogens is 1. The predicted molar refractivity (Wildman–Crippen MR) is 100 cm³/mol. The van der Waals surface area contributed by atoms with Crippen LogP contribution in [-0.4, -0.2) is 10.9 Å². The fourth-order valence-corrected chi connectivity index (χ4v) is 4.00. The van der Waals surface area contributed by atoms with Gasteiger partial charge in [-0.25, -0.2) is 0 Å². The van der Waals surface area contributed by atoms with Crippen LogP contribution in [0, 0.1) is 5.92 Å². The minimum Gasteiger partial charge on any atom is -0.358 e. The SMILES string of the molecule is CCCC(CCC)C(=O)NCc1ccc2[nH]c3c(c2c1)CCCC3. The summed E-state index contributed by atoms with van der Waals surface area (Å²) in [5.41, 5.74) is 5.37. The minimum atomic E-state index is 0.170. The third-order valence-corrected chi connectivity index (χ3v) is 5.27. The van der Waals surface area contributed by atoms with E-state index in [4.69, 9.17) is 0 Å². The topological polar surface area (TPSA) is 44.9 Å². The standard InChI is InChI=1S/C21H30N2O/c1-3-7-16(8-4-2)21(24)22-14-15-11-12-20-18(13-15)17-9-5-6-10-19(17)23-20/h11-13,16,23H,3-10,14H2,1-2H3,(H,22,24). The molecule has 0 spiro atoms. The molecule has 0 aliphatic heterocycles. The zero-order chi connectivity index (χ0) is 16.9. The lowest BCUT2D eigenvalue weighted by Crippen LogP contribution is -2.30. The summed E-state index contributed by atoms with van der Waals surface area (Å²) in [5, 5.41) is 4.51. The molecule has 3 nitrogen and oxygen atoms in total. The highest BCUT2D eigenvalue weighted by Crippen LogP contribution is 2.29. The summed E-state index contributed by atoms with van der Waals surface area (Å²) >= 11 is 0. The number of hydrogen-bond acceptors (Lipinski definition) is 1. The molecular formula is C21H30N2O. The zero-order valence-corrected chi connectivity index (χ0v) is 15.1. The summed E-state index contributed by atoms with van der Waals surface area (Å²) in [5.74, 6) is 0.388. The summed E-state index contributed by atoms with van der Waals surface area (Å²) in [6, 6.07) is 6.58. The Kier molecular flexibility index (Phi) is 5.60. The van der Waals surface area contributed by atoms with E-state index >= 15 is 0 Å². The lowest BCUT2D eigenvalue weighted by Gasteiger charge is -2.15. The predicted octanol–water partition coefficient (Wildman–Crippen LogP) is 4.88. The Balaban J connectivity index is 1.70. The Labute approximate surface area is 145 Å². The van der Waals surface area contributed by atoms with Crippen molar-refractivity contribution in [1.82, 2.24) is 10.3 Å². The highest BCUT2D eigenvalue weighted by Gasteiger charge is 2.17. The first kappa shape index (κ1) is 17.1. The van der Waals surface area contributed by atoms with Gasteiger partial charge in [-0.15, -0.1) is 0 Å². The number of carbonyl (C=O) groups excluding carboxylic acids is 1. The normalized spacial score (nSPS) is 14.1. The summed E-state index contributed by atoms with van der Waals surface area (Å²) in [6.07, 6.45) is 9.05. The maximum absolute atomic E-state index is 12.4. The minimum absolute atomic E-state index is 0.170. The number of H-pyrrole nitrogens is 1. The van der Waals surface area contributed by atoms with E-state index in [0.717, 1.165) is 25.7 Å². The molecule has 0 radical (unpaired) electrons. The van der Waals surface area contributed by atoms with Crippen molar-refractivity contribution in [2.45, 2.75) is 71.8 Å². The van der Waals surface area contributed by atoms with Crippen molar-refractivity contribution in [2.24, 2.45) is 5.92 Å².